The molecule has 0 aliphatic rings. The molecule has 0 radical (unpaired) electrons. The van der Waals surface area contributed by atoms with Crippen molar-refractivity contribution in [2.24, 2.45) is 0 Å². The Morgan fingerprint density at radius 1 is 1.42 bits per heavy atom. The van der Waals surface area contributed by atoms with E-state index in [1.807, 2.05) is 0 Å². The van der Waals surface area contributed by atoms with E-state index in [9.17, 15) is 9.36 Å². The van der Waals surface area contributed by atoms with Gasteiger partial charge in [-0.05, 0) is 6.42 Å². The van der Waals surface area contributed by atoms with Crippen LogP contribution in [0.15, 0.2) is 0 Å². The Morgan fingerprint density at radius 2 is 1.92 bits per heavy atom. The summed E-state index contributed by atoms with van der Waals surface area (Å²) in [6.07, 6.45) is 0.428. The molecule has 0 rings (SSSR count). The molecule has 0 aromatic rings. The first-order valence-corrected chi connectivity index (χ1v) is 5.19. The summed E-state index contributed by atoms with van der Waals surface area (Å²) in [5.74, 6) is -0.909. The van der Waals surface area contributed by atoms with E-state index in [4.69, 9.17) is 5.11 Å². The number of hydrogen-bond acceptors (Lipinski definition) is 4. The highest BCUT2D eigenvalue weighted by atomic mass is 31.2. The van der Waals surface area contributed by atoms with Gasteiger partial charge in [0, 0.05) is 20.6 Å². The Balaban J connectivity index is 3.74. The monoisotopic (exact) mass is 196 g/mol. The van der Waals surface area contributed by atoms with Crippen molar-refractivity contribution in [3.8, 4) is 0 Å². The Morgan fingerprint density at radius 3 is 2.25 bits per heavy atom. The van der Waals surface area contributed by atoms with Crippen LogP contribution in [-0.4, -0.2) is 31.5 Å². The second-order valence-corrected chi connectivity index (χ2v) is 4.60. The minimum atomic E-state index is -3.00. The van der Waals surface area contributed by atoms with Crippen molar-refractivity contribution in [1.82, 2.24) is 0 Å². The van der Waals surface area contributed by atoms with Gasteiger partial charge in [-0.2, -0.15) is 0 Å². The fourth-order valence-electron chi connectivity index (χ4n) is 0.681. The molecule has 0 amide bonds. The highest BCUT2D eigenvalue weighted by molar-refractivity contribution is 7.53. The molecule has 1 N–H and O–H groups in total. The average molecular weight is 196 g/mol. The maximum absolute atomic E-state index is 11.3. The van der Waals surface area contributed by atoms with Crippen molar-refractivity contribution in [2.75, 3.05) is 20.4 Å². The standard InChI is InChI=1S/C6H13O5P/c1-10-12(9,11-2)5-3-4-6(7)8/h3-5H2,1-2H3,(H,7,8). The first-order chi connectivity index (χ1) is 5.54. The second-order valence-electron chi connectivity index (χ2n) is 2.20. The minimum absolute atomic E-state index is 0.0172. The second kappa shape index (κ2) is 5.30. The Hall–Kier alpha value is -0.380. The van der Waals surface area contributed by atoms with Gasteiger partial charge in [0.2, 0.25) is 0 Å². The lowest BCUT2D eigenvalue weighted by Crippen LogP contribution is -1.99. The third kappa shape index (κ3) is 4.49. The van der Waals surface area contributed by atoms with E-state index in [2.05, 4.69) is 9.05 Å². The number of rotatable bonds is 6. The molecule has 5 nitrogen and oxygen atoms in total. The van der Waals surface area contributed by atoms with Gasteiger partial charge in [0.25, 0.3) is 0 Å². The zero-order chi connectivity index (χ0) is 9.61. The Kier molecular flexibility index (Phi) is 5.13. The van der Waals surface area contributed by atoms with Gasteiger partial charge in [0.1, 0.15) is 0 Å². The minimum Gasteiger partial charge on any atom is -0.481 e. The maximum atomic E-state index is 11.3. The summed E-state index contributed by atoms with van der Waals surface area (Å²) in [6.45, 7) is 0. The highest BCUT2D eigenvalue weighted by Gasteiger charge is 2.20. The molecule has 0 fully saturated rings. The van der Waals surface area contributed by atoms with Crippen LogP contribution in [0, 0.1) is 0 Å². The van der Waals surface area contributed by atoms with Crippen molar-refractivity contribution in [3.63, 3.8) is 0 Å². The molecule has 0 aromatic heterocycles. The van der Waals surface area contributed by atoms with Crippen molar-refractivity contribution >= 4 is 13.6 Å². The van der Waals surface area contributed by atoms with E-state index in [1.165, 1.54) is 14.2 Å². The van der Waals surface area contributed by atoms with Gasteiger partial charge in [-0.15, -0.1) is 0 Å². The molecule has 0 aliphatic heterocycles. The van der Waals surface area contributed by atoms with Crippen LogP contribution < -0.4 is 0 Å². The smallest absolute Gasteiger partial charge is 0.330 e. The van der Waals surface area contributed by atoms with Crippen LogP contribution >= 0.6 is 7.60 Å². The molecule has 0 heterocycles. The third-order valence-corrected chi connectivity index (χ3v) is 3.36. The number of carbonyl (C=O) groups is 1. The predicted molar refractivity (Wildman–Crippen MR) is 43.4 cm³/mol. The summed E-state index contributed by atoms with van der Waals surface area (Å²) in [4.78, 5) is 10.1. The molecule has 0 aliphatic carbocycles. The van der Waals surface area contributed by atoms with Gasteiger partial charge in [-0.1, -0.05) is 0 Å². The Bertz CT molecular complexity index is 182. The fourth-order valence-corrected chi connectivity index (χ4v) is 1.74. The topological polar surface area (TPSA) is 72.8 Å². The molecule has 12 heavy (non-hydrogen) atoms. The number of hydrogen-bond donors (Lipinski definition) is 1. The van der Waals surface area contributed by atoms with Crippen molar-refractivity contribution < 1.29 is 23.5 Å². The summed E-state index contributed by atoms with van der Waals surface area (Å²) in [5, 5.41) is 8.28. The van der Waals surface area contributed by atoms with Gasteiger partial charge in [0.15, 0.2) is 0 Å². The summed E-state index contributed by atoms with van der Waals surface area (Å²) in [7, 11) is -0.435. The number of carboxylic acid groups (broad SMARTS) is 1. The molecule has 0 saturated carbocycles. The number of carboxylic acids is 1. The lowest BCUT2D eigenvalue weighted by atomic mass is 10.3. The molecule has 0 spiro atoms. The molecular formula is C6H13O5P. The molecule has 0 atom stereocenters. The third-order valence-electron chi connectivity index (χ3n) is 1.38. The van der Waals surface area contributed by atoms with E-state index in [0.29, 0.717) is 6.42 Å². The molecule has 0 bridgehead atoms. The largest absolute Gasteiger partial charge is 0.481 e. The van der Waals surface area contributed by atoms with Crippen LogP contribution in [0.4, 0.5) is 0 Å². The van der Waals surface area contributed by atoms with Crippen LogP contribution in [0.25, 0.3) is 0 Å². The molecular weight excluding hydrogens is 183 g/mol. The lowest BCUT2D eigenvalue weighted by molar-refractivity contribution is -0.137. The van der Waals surface area contributed by atoms with Crippen molar-refractivity contribution in [2.45, 2.75) is 12.8 Å². The van der Waals surface area contributed by atoms with Crippen molar-refractivity contribution in [3.05, 3.63) is 0 Å². The quantitative estimate of drug-likeness (QED) is 0.649. The average Bonchev–Trinajstić information content (AvgIpc) is 2.03. The first-order valence-electron chi connectivity index (χ1n) is 3.46. The SMILES string of the molecule is COP(=O)(CCCC(=O)O)OC. The number of aliphatic carboxylic acids is 1. The molecule has 0 aromatic carbocycles. The highest BCUT2D eigenvalue weighted by Crippen LogP contribution is 2.46. The van der Waals surface area contributed by atoms with E-state index < -0.39 is 13.6 Å². The summed E-state index contributed by atoms with van der Waals surface area (Å²) in [5.41, 5.74) is 0. The van der Waals surface area contributed by atoms with Crippen LogP contribution in [0.3, 0.4) is 0 Å². The van der Waals surface area contributed by atoms with E-state index in [1.54, 1.807) is 0 Å². The van der Waals surface area contributed by atoms with Crippen LogP contribution in [0.5, 0.6) is 0 Å². The van der Waals surface area contributed by atoms with E-state index in [-0.39, 0.29) is 12.6 Å². The van der Waals surface area contributed by atoms with Crippen molar-refractivity contribution in [1.29, 1.82) is 0 Å². The van der Waals surface area contributed by atoms with Crippen LogP contribution in [0.1, 0.15) is 12.8 Å². The predicted octanol–water partition coefficient (Wildman–Crippen LogP) is 1.34. The first kappa shape index (κ1) is 11.6. The van der Waals surface area contributed by atoms with Crippen LogP contribution in [0.2, 0.25) is 0 Å². The molecule has 0 saturated heterocycles. The van der Waals surface area contributed by atoms with Crippen LogP contribution in [-0.2, 0) is 18.4 Å². The van der Waals surface area contributed by atoms with Gasteiger partial charge in [-0.25, -0.2) is 0 Å². The maximum Gasteiger partial charge on any atom is 0.330 e. The lowest BCUT2D eigenvalue weighted by Gasteiger charge is -2.11. The van der Waals surface area contributed by atoms with E-state index in [0.717, 1.165) is 0 Å². The summed E-state index contributed by atoms with van der Waals surface area (Å²) < 4.78 is 20.5. The van der Waals surface area contributed by atoms with Gasteiger partial charge in [-0.3, -0.25) is 9.36 Å². The van der Waals surface area contributed by atoms with Gasteiger partial charge in [0.05, 0.1) is 6.16 Å². The van der Waals surface area contributed by atoms with Gasteiger partial charge >= 0.3 is 13.6 Å². The molecule has 72 valence electrons. The summed E-state index contributed by atoms with van der Waals surface area (Å²) >= 11 is 0. The molecule has 0 unspecified atom stereocenters. The fraction of sp³-hybridized carbons (Fsp3) is 0.833. The zero-order valence-electron chi connectivity index (χ0n) is 7.15. The summed E-state index contributed by atoms with van der Waals surface area (Å²) in [6, 6.07) is 0. The molecule has 6 heteroatoms. The normalized spacial score (nSPS) is 11.5. The van der Waals surface area contributed by atoms with Gasteiger partial charge < -0.3 is 14.2 Å². The zero-order valence-corrected chi connectivity index (χ0v) is 8.04. The van der Waals surface area contributed by atoms with E-state index >= 15 is 0 Å². The Labute approximate surface area is 71.2 Å².